The van der Waals surface area contributed by atoms with Gasteiger partial charge in [-0.05, 0) is 36.6 Å². The number of rotatable bonds is 5. The summed E-state index contributed by atoms with van der Waals surface area (Å²) < 4.78 is 10.1. The Kier molecular flexibility index (Phi) is 4.39. The highest BCUT2D eigenvalue weighted by molar-refractivity contribution is 5.93. The predicted octanol–water partition coefficient (Wildman–Crippen LogP) is 1.90. The molecule has 0 aromatic heterocycles. The van der Waals surface area contributed by atoms with Crippen molar-refractivity contribution in [2.45, 2.75) is 25.7 Å². The Morgan fingerprint density at radius 1 is 1.37 bits per heavy atom. The maximum atomic E-state index is 11.2. The molecule has 1 aromatic carbocycles. The van der Waals surface area contributed by atoms with Gasteiger partial charge in [0.2, 0.25) is 5.91 Å². The predicted molar refractivity (Wildman–Crippen MR) is 70.1 cm³/mol. The van der Waals surface area contributed by atoms with Gasteiger partial charge in [0.05, 0.1) is 13.7 Å². The zero-order valence-corrected chi connectivity index (χ0v) is 10.9. The third kappa shape index (κ3) is 3.71. The standard InChI is InChI=1S/C14H17NO4/c1-18-14(17)3-2-8-19-11-5-6-12-10(9-11)4-7-13(16)15-12/h5-6,9H,2-4,7-8H2,1H3,(H,15,16). The SMILES string of the molecule is COC(=O)CCCOc1ccc2c(c1)CCC(=O)N2. The molecule has 1 N–H and O–H groups in total. The summed E-state index contributed by atoms with van der Waals surface area (Å²) in [6, 6.07) is 5.61. The highest BCUT2D eigenvalue weighted by Crippen LogP contribution is 2.26. The molecule has 0 unspecified atom stereocenters. The van der Waals surface area contributed by atoms with Crippen LogP contribution in [-0.4, -0.2) is 25.6 Å². The molecule has 0 bridgehead atoms. The van der Waals surface area contributed by atoms with Crippen LogP contribution in [0.3, 0.4) is 0 Å². The molecule has 1 aromatic rings. The summed E-state index contributed by atoms with van der Waals surface area (Å²) in [7, 11) is 1.38. The van der Waals surface area contributed by atoms with Crippen LogP contribution in [0.5, 0.6) is 5.75 Å². The molecule has 0 fully saturated rings. The van der Waals surface area contributed by atoms with Gasteiger partial charge in [-0.25, -0.2) is 0 Å². The quantitative estimate of drug-likeness (QED) is 0.651. The summed E-state index contributed by atoms with van der Waals surface area (Å²) in [6.07, 6.45) is 2.23. The van der Waals surface area contributed by atoms with Gasteiger partial charge in [0, 0.05) is 18.5 Å². The van der Waals surface area contributed by atoms with E-state index in [1.54, 1.807) is 0 Å². The van der Waals surface area contributed by atoms with E-state index < -0.39 is 0 Å². The average molecular weight is 263 g/mol. The first-order chi connectivity index (χ1) is 9.19. The molecule has 19 heavy (non-hydrogen) atoms. The summed E-state index contributed by atoms with van der Waals surface area (Å²) >= 11 is 0. The number of esters is 1. The van der Waals surface area contributed by atoms with E-state index in [4.69, 9.17) is 4.74 Å². The first-order valence-corrected chi connectivity index (χ1v) is 6.31. The summed E-state index contributed by atoms with van der Waals surface area (Å²) in [4.78, 5) is 22.2. The molecule has 1 aliphatic rings. The van der Waals surface area contributed by atoms with Gasteiger partial charge in [0.15, 0.2) is 0 Å². The van der Waals surface area contributed by atoms with Crippen LogP contribution in [0.25, 0.3) is 0 Å². The minimum Gasteiger partial charge on any atom is -0.494 e. The lowest BCUT2D eigenvalue weighted by atomic mass is 10.0. The van der Waals surface area contributed by atoms with Gasteiger partial charge in [0.1, 0.15) is 5.75 Å². The van der Waals surface area contributed by atoms with Crippen molar-refractivity contribution in [3.63, 3.8) is 0 Å². The van der Waals surface area contributed by atoms with E-state index >= 15 is 0 Å². The van der Waals surface area contributed by atoms with E-state index in [2.05, 4.69) is 10.1 Å². The van der Waals surface area contributed by atoms with Crippen LogP contribution in [0.4, 0.5) is 5.69 Å². The molecule has 0 atom stereocenters. The highest BCUT2D eigenvalue weighted by atomic mass is 16.5. The minimum absolute atomic E-state index is 0.0549. The van der Waals surface area contributed by atoms with Crippen molar-refractivity contribution in [3.8, 4) is 5.75 Å². The number of carbonyl (C=O) groups is 2. The molecule has 102 valence electrons. The van der Waals surface area contributed by atoms with Gasteiger partial charge >= 0.3 is 5.97 Å². The number of aryl methyl sites for hydroxylation is 1. The number of amides is 1. The van der Waals surface area contributed by atoms with Gasteiger partial charge in [-0.15, -0.1) is 0 Å². The molecule has 0 saturated heterocycles. The Bertz CT molecular complexity index is 484. The van der Waals surface area contributed by atoms with Crippen LogP contribution in [-0.2, 0) is 20.7 Å². The molecular weight excluding hydrogens is 246 g/mol. The fourth-order valence-electron chi connectivity index (χ4n) is 1.96. The number of methoxy groups -OCH3 is 1. The van der Waals surface area contributed by atoms with Gasteiger partial charge < -0.3 is 14.8 Å². The minimum atomic E-state index is -0.225. The lowest BCUT2D eigenvalue weighted by molar-refractivity contribution is -0.140. The van der Waals surface area contributed by atoms with Crippen molar-refractivity contribution in [3.05, 3.63) is 23.8 Å². The van der Waals surface area contributed by atoms with Crippen LogP contribution >= 0.6 is 0 Å². The number of anilines is 1. The molecule has 5 heteroatoms. The fraction of sp³-hybridized carbons (Fsp3) is 0.429. The van der Waals surface area contributed by atoms with Crippen LogP contribution in [0.15, 0.2) is 18.2 Å². The second-order valence-electron chi connectivity index (χ2n) is 4.40. The Hall–Kier alpha value is -2.04. The zero-order valence-electron chi connectivity index (χ0n) is 10.9. The average Bonchev–Trinajstić information content (AvgIpc) is 2.43. The van der Waals surface area contributed by atoms with Crippen molar-refractivity contribution in [1.29, 1.82) is 0 Å². The second-order valence-corrected chi connectivity index (χ2v) is 4.40. The molecule has 5 nitrogen and oxygen atoms in total. The number of nitrogens with one attached hydrogen (secondary N) is 1. The van der Waals surface area contributed by atoms with Gasteiger partial charge in [-0.3, -0.25) is 9.59 Å². The van der Waals surface area contributed by atoms with E-state index in [9.17, 15) is 9.59 Å². The van der Waals surface area contributed by atoms with Crippen LogP contribution in [0, 0.1) is 0 Å². The number of ether oxygens (including phenoxy) is 2. The topological polar surface area (TPSA) is 64.6 Å². The van der Waals surface area contributed by atoms with Crippen molar-refractivity contribution < 1.29 is 19.1 Å². The molecule has 0 aliphatic carbocycles. The smallest absolute Gasteiger partial charge is 0.305 e. The molecule has 2 rings (SSSR count). The van der Waals surface area contributed by atoms with E-state index in [1.165, 1.54) is 7.11 Å². The van der Waals surface area contributed by atoms with E-state index in [0.29, 0.717) is 25.9 Å². The Balaban J connectivity index is 1.85. The van der Waals surface area contributed by atoms with Crippen molar-refractivity contribution in [2.75, 3.05) is 19.0 Å². The van der Waals surface area contributed by atoms with Crippen molar-refractivity contribution >= 4 is 17.6 Å². The molecule has 0 saturated carbocycles. The summed E-state index contributed by atoms with van der Waals surface area (Å²) in [5.41, 5.74) is 1.95. The van der Waals surface area contributed by atoms with E-state index in [1.807, 2.05) is 18.2 Å². The summed E-state index contributed by atoms with van der Waals surface area (Å²) in [5.74, 6) is 0.593. The number of fused-ring (bicyclic) bond motifs is 1. The molecular formula is C14H17NO4. The molecule has 1 amide bonds. The zero-order chi connectivity index (χ0) is 13.7. The third-order valence-corrected chi connectivity index (χ3v) is 2.99. The number of hydrogen-bond donors (Lipinski definition) is 1. The molecule has 0 spiro atoms. The third-order valence-electron chi connectivity index (χ3n) is 2.99. The van der Waals surface area contributed by atoms with E-state index in [-0.39, 0.29) is 11.9 Å². The van der Waals surface area contributed by atoms with Crippen molar-refractivity contribution in [1.82, 2.24) is 0 Å². The van der Waals surface area contributed by atoms with Crippen LogP contribution < -0.4 is 10.1 Å². The maximum Gasteiger partial charge on any atom is 0.305 e. The highest BCUT2D eigenvalue weighted by Gasteiger charge is 2.14. The monoisotopic (exact) mass is 263 g/mol. The van der Waals surface area contributed by atoms with Gasteiger partial charge in [-0.1, -0.05) is 0 Å². The van der Waals surface area contributed by atoms with Crippen molar-refractivity contribution in [2.24, 2.45) is 0 Å². The molecule has 1 heterocycles. The van der Waals surface area contributed by atoms with Gasteiger partial charge in [-0.2, -0.15) is 0 Å². The first-order valence-electron chi connectivity index (χ1n) is 6.31. The van der Waals surface area contributed by atoms with Crippen LogP contribution in [0.1, 0.15) is 24.8 Å². The number of carbonyl (C=O) groups excluding carboxylic acids is 2. The Labute approximate surface area is 111 Å². The van der Waals surface area contributed by atoms with Gasteiger partial charge in [0.25, 0.3) is 0 Å². The number of hydrogen-bond acceptors (Lipinski definition) is 4. The van der Waals surface area contributed by atoms with E-state index in [0.717, 1.165) is 23.4 Å². The normalized spacial score (nSPS) is 13.4. The Morgan fingerprint density at radius 3 is 3.00 bits per heavy atom. The van der Waals surface area contributed by atoms with Crippen LogP contribution in [0.2, 0.25) is 0 Å². The molecule has 1 aliphatic heterocycles. The summed E-state index contributed by atoms with van der Waals surface area (Å²) in [5, 5.41) is 2.82. The number of benzene rings is 1. The lowest BCUT2D eigenvalue weighted by Gasteiger charge is -2.17. The second kappa shape index (κ2) is 6.22. The Morgan fingerprint density at radius 2 is 2.21 bits per heavy atom. The first kappa shape index (κ1) is 13.4. The maximum absolute atomic E-state index is 11.2. The fourth-order valence-corrected chi connectivity index (χ4v) is 1.96. The largest absolute Gasteiger partial charge is 0.494 e. The molecule has 0 radical (unpaired) electrons. The summed E-state index contributed by atoms with van der Waals surface area (Å²) in [6.45, 7) is 0.472. The lowest BCUT2D eigenvalue weighted by Crippen LogP contribution is -2.18.